The van der Waals surface area contributed by atoms with Crippen LogP contribution in [-0.2, 0) is 16.0 Å². The van der Waals surface area contributed by atoms with Crippen molar-refractivity contribution in [1.82, 2.24) is 4.98 Å². The number of hydrogen-bond donors (Lipinski definition) is 0. The number of anilines is 1. The molecule has 3 rings (SSSR count). The van der Waals surface area contributed by atoms with E-state index in [-0.39, 0.29) is 36.6 Å². The van der Waals surface area contributed by atoms with Crippen LogP contribution in [0.4, 0.5) is 19.0 Å². The van der Waals surface area contributed by atoms with Gasteiger partial charge in [-0.25, -0.2) is 13.4 Å². The molecule has 26 heavy (non-hydrogen) atoms. The Bertz CT molecular complexity index is 895. The minimum Gasteiger partial charge on any atom is -0.356 e. The maximum Gasteiger partial charge on any atom is 0.419 e. The molecule has 1 fully saturated rings. The Morgan fingerprint density at radius 2 is 1.81 bits per heavy atom. The molecule has 0 N–H and O–H groups in total. The number of aromatic nitrogens is 1. The van der Waals surface area contributed by atoms with Gasteiger partial charge in [0.1, 0.15) is 5.82 Å². The highest BCUT2D eigenvalue weighted by molar-refractivity contribution is 7.92. The smallest absolute Gasteiger partial charge is 0.356 e. The van der Waals surface area contributed by atoms with E-state index < -0.39 is 26.8 Å². The zero-order valence-corrected chi connectivity index (χ0v) is 15.2. The standard InChI is InChI=1S/C17H16ClF3N2O2S/c18-12-3-1-4-14(11-12)26(24,25)13-6-9-23(10-7-13)16-15(17(19,20)21)5-2-8-22-16/h1-5,8,11,13H,6-7,9-10H2. The van der Waals surface area contributed by atoms with Crippen LogP contribution in [0.2, 0.25) is 5.02 Å². The normalized spacial score (nSPS) is 16.7. The summed E-state index contributed by atoms with van der Waals surface area (Å²) in [4.78, 5) is 5.49. The molecule has 0 aliphatic carbocycles. The Kier molecular flexibility index (Phi) is 5.16. The number of benzene rings is 1. The summed E-state index contributed by atoms with van der Waals surface area (Å²) >= 11 is 5.87. The van der Waals surface area contributed by atoms with Crippen LogP contribution < -0.4 is 4.90 Å². The number of sulfone groups is 1. The Morgan fingerprint density at radius 1 is 1.12 bits per heavy atom. The van der Waals surface area contributed by atoms with Crippen LogP contribution in [0.5, 0.6) is 0 Å². The number of alkyl halides is 3. The first-order valence-electron chi connectivity index (χ1n) is 7.96. The quantitative estimate of drug-likeness (QED) is 0.769. The van der Waals surface area contributed by atoms with Crippen molar-refractivity contribution >= 4 is 27.3 Å². The predicted molar refractivity (Wildman–Crippen MR) is 93.1 cm³/mol. The molecule has 1 aliphatic heterocycles. The summed E-state index contributed by atoms with van der Waals surface area (Å²) in [6, 6.07) is 8.24. The Hall–Kier alpha value is -1.80. The lowest BCUT2D eigenvalue weighted by atomic mass is 10.1. The van der Waals surface area contributed by atoms with Crippen LogP contribution in [0.25, 0.3) is 0 Å². The number of rotatable bonds is 3. The topological polar surface area (TPSA) is 50.3 Å². The van der Waals surface area contributed by atoms with Crippen molar-refractivity contribution in [3.05, 3.63) is 53.2 Å². The molecule has 4 nitrogen and oxygen atoms in total. The lowest BCUT2D eigenvalue weighted by molar-refractivity contribution is -0.137. The SMILES string of the molecule is O=S(=O)(c1cccc(Cl)c1)C1CCN(c2ncccc2C(F)(F)F)CC1. The zero-order chi connectivity index (χ0) is 18.9. The van der Waals surface area contributed by atoms with E-state index in [1.165, 1.54) is 29.3 Å². The molecular formula is C17H16ClF3N2O2S. The van der Waals surface area contributed by atoms with Crippen LogP contribution in [0.3, 0.4) is 0 Å². The molecule has 0 bridgehead atoms. The predicted octanol–water partition coefficient (Wildman–Crippen LogP) is 4.20. The molecule has 1 saturated heterocycles. The van der Waals surface area contributed by atoms with Crippen molar-refractivity contribution < 1.29 is 21.6 Å². The summed E-state index contributed by atoms with van der Waals surface area (Å²) in [6.07, 6.45) is -2.75. The highest BCUT2D eigenvalue weighted by atomic mass is 35.5. The number of piperidine rings is 1. The molecule has 9 heteroatoms. The lowest BCUT2D eigenvalue weighted by Crippen LogP contribution is -2.40. The van der Waals surface area contributed by atoms with E-state index >= 15 is 0 Å². The Labute approximate surface area is 154 Å². The van der Waals surface area contributed by atoms with Crippen LogP contribution in [-0.4, -0.2) is 31.7 Å². The summed E-state index contributed by atoms with van der Waals surface area (Å²) < 4.78 is 64.9. The van der Waals surface area contributed by atoms with Crippen LogP contribution >= 0.6 is 11.6 Å². The molecule has 1 aromatic heterocycles. The average molecular weight is 405 g/mol. The van der Waals surface area contributed by atoms with Crippen molar-refractivity contribution in [2.24, 2.45) is 0 Å². The molecule has 0 atom stereocenters. The van der Waals surface area contributed by atoms with Crippen LogP contribution in [0.1, 0.15) is 18.4 Å². The molecule has 1 aromatic carbocycles. The minimum absolute atomic E-state index is 0.136. The monoisotopic (exact) mass is 404 g/mol. The highest BCUT2D eigenvalue weighted by Crippen LogP contribution is 2.36. The van der Waals surface area contributed by atoms with Gasteiger partial charge in [-0.05, 0) is 43.2 Å². The number of nitrogens with zero attached hydrogens (tertiary/aromatic N) is 2. The summed E-state index contributed by atoms with van der Waals surface area (Å²) in [5.41, 5.74) is -0.809. The zero-order valence-electron chi connectivity index (χ0n) is 13.6. The molecule has 0 spiro atoms. The van der Waals surface area contributed by atoms with Crippen molar-refractivity contribution in [3.63, 3.8) is 0 Å². The van der Waals surface area contributed by atoms with E-state index in [0.29, 0.717) is 5.02 Å². The molecule has 0 saturated carbocycles. The molecule has 2 aromatic rings. The Balaban J connectivity index is 1.78. The number of pyridine rings is 1. The lowest BCUT2D eigenvalue weighted by Gasteiger charge is -2.33. The van der Waals surface area contributed by atoms with Crippen molar-refractivity contribution in [3.8, 4) is 0 Å². The van der Waals surface area contributed by atoms with E-state index in [9.17, 15) is 21.6 Å². The summed E-state index contributed by atoms with van der Waals surface area (Å²) in [6.45, 7) is 0.370. The van der Waals surface area contributed by atoms with Gasteiger partial charge in [0.25, 0.3) is 0 Å². The summed E-state index contributed by atoms with van der Waals surface area (Å²) in [5, 5.41) is -0.331. The fourth-order valence-corrected chi connectivity index (χ4v) is 5.12. The molecule has 0 unspecified atom stereocenters. The van der Waals surface area contributed by atoms with Gasteiger partial charge < -0.3 is 4.90 Å². The van der Waals surface area contributed by atoms with Gasteiger partial charge in [-0.1, -0.05) is 17.7 Å². The van der Waals surface area contributed by atoms with Gasteiger partial charge in [0, 0.05) is 24.3 Å². The van der Waals surface area contributed by atoms with Crippen LogP contribution in [0, 0.1) is 0 Å². The largest absolute Gasteiger partial charge is 0.419 e. The van der Waals surface area contributed by atoms with Gasteiger partial charge in [0.15, 0.2) is 9.84 Å². The summed E-state index contributed by atoms with van der Waals surface area (Å²) in [7, 11) is -3.58. The van der Waals surface area contributed by atoms with Gasteiger partial charge in [0.05, 0.1) is 15.7 Å². The third-order valence-electron chi connectivity index (χ3n) is 4.40. The average Bonchev–Trinajstić information content (AvgIpc) is 2.61. The first kappa shape index (κ1) is 19.0. The van der Waals surface area contributed by atoms with E-state index in [2.05, 4.69) is 4.98 Å². The number of halogens is 4. The maximum atomic E-state index is 13.2. The second kappa shape index (κ2) is 7.08. The van der Waals surface area contributed by atoms with E-state index in [0.717, 1.165) is 6.07 Å². The van der Waals surface area contributed by atoms with Gasteiger partial charge >= 0.3 is 6.18 Å². The second-order valence-corrected chi connectivity index (χ2v) is 8.73. The Morgan fingerprint density at radius 3 is 2.42 bits per heavy atom. The van der Waals surface area contributed by atoms with Crippen molar-refractivity contribution in [1.29, 1.82) is 0 Å². The van der Waals surface area contributed by atoms with E-state index in [1.807, 2.05) is 0 Å². The third-order valence-corrected chi connectivity index (χ3v) is 6.89. The van der Waals surface area contributed by atoms with Crippen molar-refractivity contribution in [2.45, 2.75) is 29.2 Å². The van der Waals surface area contributed by atoms with Gasteiger partial charge in [0.2, 0.25) is 0 Å². The van der Waals surface area contributed by atoms with Crippen molar-refractivity contribution in [2.75, 3.05) is 18.0 Å². The molecule has 0 amide bonds. The fourth-order valence-electron chi connectivity index (χ4n) is 3.08. The van der Waals surface area contributed by atoms with Gasteiger partial charge in [-0.2, -0.15) is 13.2 Å². The first-order valence-corrected chi connectivity index (χ1v) is 9.88. The van der Waals surface area contributed by atoms with E-state index in [1.54, 1.807) is 12.1 Å². The van der Waals surface area contributed by atoms with Crippen LogP contribution in [0.15, 0.2) is 47.5 Å². The summed E-state index contributed by atoms with van der Waals surface area (Å²) in [5.74, 6) is -0.154. The maximum absolute atomic E-state index is 13.2. The third kappa shape index (κ3) is 3.81. The molecule has 0 radical (unpaired) electrons. The van der Waals surface area contributed by atoms with Gasteiger partial charge in [-0.3, -0.25) is 0 Å². The first-order chi connectivity index (χ1) is 12.2. The van der Waals surface area contributed by atoms with E-state index in [4.69, 9.17) is 11.6 Å². The number of hydrogen-bond acceptors (Lipinski definition) is 4. The van der Waals surface area contributed by atoms with Gasteiger partial charge in [-0.15, -0.1) is 0 Å². The highest BCUT2D eigenvalue weighted by Gasteiger charge is 2.38. The molecule has 140 valence electrons. The molecule has 2 heterocycles. The minimum atomic E-state index is -4.51. The molecule has 1 aliphatic rings. The second-order valence-electron chi connectivity index (χ2n) is 6.06. The molecular weight excluding hydrogens is 389 g/mol. The fraction of sp³-hybridized carbons (Fsp3) is 0.353.